The molecule has 0 radical (unpaired) electrons. The van der Waals surface area contributed by atoms with E-state index in [0.29, 0.717) is 60.4 Å². The van der Waals surface area contributed by atoms with Crippen LogP contribution in [-0.2, 0) is 10.3 Å². The molecule has 0 spiro atoms. The number of likely N-dealkylation sites (tertiary alicyclic amines) is 1. The van der Waals surface area contributed by atoms with E-state index in [-0.39, 0.29) is 23.5 Å². The van der Waals surface area contributed by atoms with Crippen molar-refractivity contribution in [3.63, 3.8) is 0 Å². The Bertz CT molecular complexity index is 1600. The number of amides is 2. The fraction of sp³-hybridized carbons (Fsp3) is 0.406. The second-order valence-corrected chi connectivity index (χ2v) is 11.7. The molecule has 0 unspecified atom stereocenters. The number of nitrogens with one attached hydrogen (secondary N) is 1. The molecule has 0 aliphatic carbocycles. The van der Waals surface area contributed by atoms with Crippen molar-refractivity contribution in [3.8, 4) is 5.75 Å². The first-order chi connectivity index (χ1) is 20.7. The SMILES string of the molecule is CCCCOC(=O)N1CCC(c2c(OC(=O)n3cc(C(=O)Nc4ccncc4)c4ccccc43)cnn2C(C)(C)C)CC1. The molecule has 11 nitrogen and oxygen atoms in total. The summed E-state index contributed by atoms with van der Waals surface area (Å²) in [6.45, 7) is 9.69. The lowest BCUT2D eigenvalue weighted by molar-refractivity contribution is 0.0906. The van der Waals surface area contributed by atoms with E-state index in [1.54, 1.807) is 53.8 Å². The van der Waals surface area contributed by atoms with Crippen LogP contribution in [-0.4, -0.2) is 62.0 Å². The Morgan fingerprint density at radius 1 is 1.02 bits per heavy atom. The Morgan fingerprint density at radius 3 is 2.44 bits per heavy atom. The van der Waals surface area contributed by atoms with Crippen LogP contribution in [0.1, 0.15) is 75.3 Å². The molecule has 0 bridgehead atoms. The maximum absolute atomic E-state index is 13.7. The summed E-state index contributed by atoms with van der Waals surface area (Å²) in [7, 11) is 0. The van der Waals surface area contributed by atoms with Gasteiger partial charge in [0.1, 0.15) is 0 Å². The molecule has 0 atom stereocenters. The molecule has 4 heterocycles. The smallest absolute Gasteiger partial charge is 0.424 e. The number of piperidine rings is 1. The summed E-state index contributed by atoms with van der Waals surface area (Å²) in [4.78, 5) is 45.1. The summed E-state index contributed by atoms with van der Waals surface area (Å²) in [5, 5.41) is 8.09. The van der Waals surface area contributed by atoms with Gasteiger partial charge in [-0.25, -0.2) is 9.59 Å². The monoisotopic (exact) mass is 586 g/mol. The van der Waals surface area contributed by atoms with Crippen molar-refractivity contribution in [2.75, 3.05) is 25.0 Å². The van der Waals surface area contributed by atoms with Crippen LogP contribution in [0.25, 0.3) is 10.9 Å². The van der Waals surface area contributed by atoms with Gasteiger partial charge in [-0.1, -0.05) is 31.5 Å². The van der Waals surface area contributed by atoms with E-state index in [0.717, 1.165) is 18.5 Å². The second kappa shape index (κ2) is 12.7. The molecular weight excluding hydrogens is 548 g/mol. The average molecular weight is 587 g/mol. The zero-order valence-corrected chi connectivity index (χ0v) is 25.1. The van der Waals surface area contributed by atoms with Gasteiger partial charge in [-0.15, -0.1) is 0 Å². The molecule has 226 valence electrons. The van der Waals surface area contributed by atoms with Crippen LogP contribution >= 0.6 is 0 Å². The van der Waals surface area contributed by atoms with Gasteiger partial charge in [0.15, 0.2) is 5.75 Å². The van der Waals surface area contributed by atoms with Gasteiger partial charge in [-0.2, -0.15) is 5.10 Å². The number of hydrogen-bond acceptors (Lipinski definition) is 7. The highest BCUT2D eigenvalue weighted by Gasteiger charge is 2.33. The highest BCUT2D eigenvalue weighted by atomic mass is 16.6. The fourth-order valence-electron chi connectivity index (χ4n) is 5.35. The molecule has 1 aliphatic heterocycles. The first-order valence-electron chi connectivity index (χ1n) is 14.7. The Kier molecular flexibility index (Phi) is 8.79. The van der Waals surface area contributed by atoms with Crippen LogP contribution < -0.4 is 10.1 Å². The molecule has 2 amide bonds. The summed E-state index contributed by atoms with van der Waals surface area (Å²) < 4.78 is 14.7. The van der Waals surface area contributed by atoms with Crippen molar-refractivity contribution in [3.05, 3.63) is 72.4 Å². The number of ether oxygens (including phenoxy) is 2. The molecule has 4 aromatic rings. The van der Waals surface area contributed by atoms with Crippen molar-refractivity contribution in [2.45, 2.75) is 64.8 Å². The van der Waals surface area contributed by atoms with Crippen molar-refractivity contribution in [1.29, 1.82) is 0 Å². The minimum absolute atomic E-state index is 0.0207. The van der Waals surface area contributed by atoms with Crippen molar-refractivity contribution in [1.82, 2.24) is 24.2 Å². The predicted molar refractivity (Wildman–Crippen MR) is 163 cm³/mol. The third-order valence-corrected chi connectivity index (χ3v) is 7.56. The van der Waals surface area contributed by atoms with Gasteiger partial charge in [-0.3, -0.25) is 19.0 Å². The normalized spacial score (nSPS) is 14.1. The first kappa shape index (κ1) is 29.8. The Morgan fingerprint density at radius 2 is 1.74 bits per heavy atom. The lowest BCUT2D eigenvalue weighted by Crippen LogP contribution is -2.39. The minimum atomic E-state index is -0.647. The number of anilines is 1. The highest BCUT2D eigenvalue weighted by Crippen LogP contribution is 2.37. The molecule has 3 aromatic heterocycles. The number of para-hydroxylation sites is 1. The van der Waals surface area contributed by atoms with Gasteiger partial charge in [-0.05, 0) is 58.2 Å². The summed E-state index contributed by atoms with van der Waals surface area (Å²) in [5.41, 5.74) is 1.93. The number of hydrogen-bond donors (Lipinski definition) is 1. The Hall–Kier alpha value is -4.67. The van der Waals surface area contributed by atoms with Gasteiger partial charge in [0.2, 0.25) is 0 Å². The molecule has 1 aromatic carbocycles. The van der Waals surface area contributed by atoms with Crippen LogP contribution in [0.3, 0.4) is 0 Å². The standard InChI is InChI=1S/C32H38N6O5/c1-5-6-19-42-30(40)36-17-13-22(14-18-36)28-27(20-34-38(28)32(2,3)4)43-31(41)37-21-25(24-9-7-8-10-26(24)37)29(39)35-23-11-15-33-16-12-23/h7-12,15-16,20-22H,5-6,13-14,17-19H2,1-4H3,(H,33,35,39). The van der Waals surface area contributed by atoms with E-state index in [2.05, 4.69) is 22.3 Å². The van der Waals surface area contributed by atoms with Crippen LogP contribution in [0.2, 0.25) is 0 Å². The van der Waals surface area contributed by atoms with Gasteiger partial charge < -0.3 is 19.7 Å². The highest BCUT2D eigenvalue weighted by molar-refractivity contribution is 6.14. The van der Waals surface area contributed by atoms with Gasteiger partial charge >= 0.3 is 12.2 Å². The van der Waals surface area contributed by atoms with E-state index in [1.165, 1.54) is 10.8 Å². The third kappa shape index (κ3) is 6.55. The zero-order chi connectivity index (χ0) is 30.6. The van der Waals surface area contributed by atoms with E-state index < -0.39 is 6.09 Å². The maximum Gasteiger partial charge on any atom is 0.424 e. The number of pyridine rings is 1. The van der Waals surface area contributed by atoms with Crippen LogP contribution in [0.15, 0.2) is 61.2 Å². The number of carbonyl (C=O) groups is 3. The zero-order valence-electron chi connectivity index (χ0n) is 25.1. The molecule has 0 saturated carbocycles. The van der Waals surface area contributed by atoms with E-state index in [9.17, 15) is 14.4 Å². The van der Waals surface area contributed by atoms with Crippen LogP contribution in [0.4, 0.5) is 15.3 Å². The minimum Gasteiger partial charge on any atom is -0.449 e. The van der Waals surface area contributed by atoms with Crippen molar-refractivity contribution < 1.29 is 23.9 Å². The summed E-state index contributed by atoms with van der Waals surface area (Å²) in [6.07, 6.45) is 8.50. The van der Waals surface area contributed by atoms with Gasteiger partial charge in [0.25, 0.3) is 5.91 Å². The van der Waals surface area contributed by atoms with Crippen LogP contribution in [0, 0.1) is 0 Å². The van der Waals surface area contributed by atoms with E-state index in [4.69, 9.17) is 9.47 Å². The fourth-order valence-corrected chi connectivity index (χ4v) is 5.35. The Labute approximate surface area is 250 Å². The molecule has 1 fully saturated rings. The molecule has 1 N–H and O–H groups in total. The number of nitrogens with zero attached hydrogens (tertiary/aromatic N) is 5. The van der Waals surface area contributed by atoms with E-state index in [1.807, 2.05) is 31.5 Å². The maximum atomic E-state index is 13.7. The van der Waals surface area contributed by atoms with E-state index >= 15 is 0 Å². The number of rotatable bonds is 7. The lowest BCUT2D eigenvalue weighted by atomic mass is 9.92. The topological polar surface area (TPSA) is 121 Å². The number of benzene rings is 1. The van der Waals surface area contributed by atoms with Gasteiger partial charge in [0.05, 0.1) is 35.1 Å². The molecule has 1 aliphatic rings. The third-order valence-electron chi connectivity index (χ3n) is 7.56. The summed E-state index contributed by atoms with van der Waals surface area (Å²) in [6, 6.07) is 10.6. The van der Waals surface area contributed by atoms with Gasteiger partial charge in [0, 0.05) is 48.7 Å². The van der Waals surface area contributed by atoms with Crippen LogP contribution in [0.5, 0.6) is 5.75 Å². The quantitative estimate of drug-likeness (QED) is 0.249. The van der Waals surface area contributed by atoms with Crippen molar-refractivity contribution in [2.24, 2.45) is 0 Å². The number of carbonyl (C=O) groups excluding carboxylic acids is 3. The summed E-state index contributed by atoms with van der Waals surface area (Å²) >= 11 is 0. The first-order valence-corrected chi connectivity index (χ1v) is 14.7. The predicted octanol–water partition coefficient (Wildman–Crippen LogP) is 6.40. The number of aromatic nitrogens is 4. The molecule has 5 rings (SSSR count). The molecule has 11 heteroatoms. The summed E-state index contributed by atoms with van der Waals surface area (Å²) in [5.74, 6) is 0.0342. The number of fused-ring (bicyclic) bond motifs is 1. The average Bonchev–Trinajstić information content (AvgIpc) is 3.60. The largest absolute Gasteiger partial charge is 0.449 e. The Balaban J connectivity index is 1.38. The molecule has 1 saturated heterocycles. The second-order valence-electron chi connectivity index (χ2n) is 11.7. The number of unbranched alkanes of at least 4 members (excludes halogenated alkanes) is 1. The van der Waals surface area contributed by atoms with Crippen molar-refractivity contribution >= 4 is 34.7 Å². The molecule has 43 heavy (non-hydrogen) atoms. The molecular formula is C32H38N6O5. The lowest BCUT2D eigenvalue weighted by Gasteiger charge is -2.33.